The van der Waals surface area contributed by atoms with Gasteiger partial charge in [0.05, 0.1) is 5.69 Å². The average molecular weight is 386 g/mol. The molecule has 1 fully saturated rings. The third-order valence-electron chi connectivity index (χ3n) is 4.86. The van der Waals surface area contributed by atoms with E-state index in [9.17, 15) is 9.18 Å². The summed E-state index contributed by atoms with van der Waals surface area (Å²) in [6.07, 6.45) is 6.05. The van der Waals surface area contributed by atoms with Crippen LogP contribution in [0.1, 0.15) is 17.5 Å². The quantitative estimate of drug-likeness (QED) is 0.697. The number of nitrogens with one attached hydrogen (secondary N) is 1. The smallest absolute Gasteiger partial charge is 0.231 e. The molecule has 0 saturated carbocycles. The average Bonchev–Trinajstić information content (AvgIpc) is 3.22. The van der Waals surface area contributed by atoms with Crippen molar-refractivity contribution in [3.63, 3.8) is 0 Å². The van der Waals surface area contributed by atoms with Crippen LogP contribution in [0.15, 0.2) is 36.8 Å². The van der Waals surface area contributed by atoms with Crippen LogP contribution >= 0.6 is 11.6 Å². The van der Waals surface area contributed by atoms with Gasteiger partial charge in [-0.05, 0) is 43.5 Å². The molecule has 27 heavy (non-hydrogen) atoms. The number of anilines is 1. The molecule has 1 saturated heterocycles. The van der Waals surface area contributed by atoms with Crippen molar-refractivity contribution in [2.24, 2.45) is 5.92 Å². The number of carbonyl (C=O) groups is 1. The first-order chi connectivity index (χ1) is 13.0. The van der Waals surface area contributed by atoms with Crippen LogP contribution in [0.3, 0.4) is 0 Å². The molecule has 1 amide bonds. The second-order valence-corrected chi connectivity index (χ2v) is 6.94. The highest BCUT2D eigenvalue weighted by atomic mass is 35.5. The van der Waals surface area contributed by atoms with E-state index in [0.717, 1.165) is 16.8 Å². The number of halogens is 2. The van der Waals surface area contributed by atoms with Crippen LogP contribution < -0.4 is 4.90 Å². The maximum absolute atomic E-state index is 13.6. The summed E-state index contributed by atoms with van der Waals surface area (Å²) in [5, 5.41) is 7.21. The number of aromatic nitrogens is 4. The molecule has 0 spiro atoms. The van der Waals surface area contributed by atoms with Gasteiger partial charge in [-0.1, -0.05) is 11.6 Å². The molecule has 0 aromatic carbocycles. The van der Waals surface area contributed by atoms with E-state index in [1.165, 1.54) is 12.3 Å². The van der Waals surface area contributed by atoms with Crippen molar-refractivity contribution in [1.82, 2.24) is 20.2 Å². The molecule has 3 aromatic heterocycles. The van der Waals surface area contributed by atoms with E-state index >= 15 is 0 Å². The minimum absolute atomic E-state index is 0.00149. The molecule has 138 valence electrons. The molecule has 4 heterocycles. The predicted octanol–water partition coefficient (Wildman–Crippen LogP) is 3.56. The fourth-order valence-electron chi connectivity index (χ4n) is 3.45. The van der Waals surface area contributed by atoms with Crippen molar-refractivity contribution in [1.29, 1.82) is 0 Å². The topological polar surface area (TPSA) is 74.8 Å². The zero-order chi connectivity index (χ0) is 19.0. The summed E-state index contributed by atoms with van der Waals surface area (Å²) in [5.74, 6) is -0.0876. The van der Waals surface area contributed by atoms with Crippen molar-refractivity contribution in [3.05, 3.63) is 58.9 Å². The predicted molar refractivity (Wildman–Crippen MR) is 99.9 cm³/mol. The van der Waals surface area contributed by atoms with Gasteiger partial charge in [0.1, 0.15) is 5.82 Å². The molecule has 0 bridgehead atoms. The van der Waals surface area contributed by atoms with E-state index < -0.39 is 5.82 Å². The summed E-state index contributed by atoms with van der Waals surface area (Å²) in [5.41, 5.74) is 3.31. The van der Waals surface area contributed by atoms with E-state index in [1.54, 1.807) is 17.3 Å². The molecule has 3 aromatic rings. The number of hydrogen-bond donors (Lipinski definition) is 1. The van der Waals surface area contributed by atoms with Crippen molar-refractivity contribution >= 4 is 23.3 Å². The summed E-state index contributed by atoms with van der Waals surface area (Å²) in [6.45, 7) is 2.53. The van der Waals surface area contributed by atoms with Crippen LogP contribution in [0.4, 0.5) is 10.2 Å². The van der Waals surface area contributed by atoms with E-state index in [1.807, 2.05) is 19.1 Å². The summed E-state index contributed by atoms with van der Waals surface area (Å²) in [7, 11) is 0. The number of carbonyl (C=O) groups excluding carboxylic acids is 1. The maximum atomic E-state index is 13.6. The first-order valence-electron chi connectivity index (χ1n) is 8.61. The molecule has 0 unspecified atom stereocenters. The van der Waals surface area contributed by atoms with Crippen LogP contribution in [-0.2, 0) is 11.2 Å². The first kappa shape index (κ1) is 17.6. The zero-order valence-corrected chi connectivity index (χ0v) is 15.4. The Hall–Kier alpha value is -2.80. The number of rotatable bonds is 4. The molecular formula is C19H17ClFN5O. The standard InChI is InChI=1S/C19H17ClFN5O/c1-11-16(13-2-5-22-6-3-13)24-25-18(11)26-7-4-14(19(26)27)8-12-9-15(21)17(20)23-10-12/h2-3,5-6,9-10,14H,4,7-8H2,1H3,(H,24,25)/t14-/m0/s1. The molecule has 1 aliphatic rings. The first-order valence-corrected chi connectivity index (χ1v) is 8.99. The molecule has 1 atom stereocenters. The second kappa shape index (κ2) is 7.08. The van der Waals surface area contributed by atoms with Gasteiger partial charge in [0.15, 0.2) is 11.0 Å². The van der Waals surface area contributed by atoms with Crippen LogP contribution in [0.5, 0.6) is 0 Å². The second-order valence-electron chi connectivity index (χ2n) is 6.58. The van der Waals surface area contributed by atoms with Crippen molar-refractivity contribution in [2.75, 3.05) is 11.4 Å². The Balaban J connectivity index is 1.54. The summed E-state index contributed by atoms with van der Waals surface area (Å²) in [4.78, 5) is 22.4. The van der Waals surface area contributed by atoms with E-state index in [0.29, 0.717) is 30.8 Å². The van der Waals surface area contributed by atoms with Crippen molar-refractivity contribution in [2.45, 2.75) is 19.8 Å². The number of amides is 1. The summed E-state index contributed by atoms with van der Waals surface area (Å²) in [6, 6.07) is 5.10. The van der Waals surface area contributed by atoms with Crippen LogP contribution in [-0.4, -0.2) is 32.6 Å². The van der Waals surface area contributed by atoms with E-state index in [2.05, 4.69) is 20.2 Å². The Labute approximate surface area is 160 Å². The van der Waals surface area contributed by atoms with Gasteiger partial charge in [0, 0.05) is 42.2 Å². The van der Waals surface area contributed by atoms with Gasteiger partial charge in [-0.2, -0.15) is 5.10 Å². The number of H-pyrrole nitrogens is 1. The lowest BCUT2D eigenvalue weighted by molar-refractivity contribution is -0.120. The molecule has 4 rings (SSSR count). The third-order valence-corrected chi connectivity index (χ3v) is 5.14. The lowest BCUT2D eigenvalue weighted by Gasteiger charge is -2.16. The number of pyridine rings is 2. The third kappa shape index (κ3) is 3.30. The van der Waals surface area contributed by atoms with Crippen molar-refractivity contribution in [3.8, 4) is 11.3 Å². The maximum Gasteiger partial charge on any atom is 0.231 e. The van der Waals surface area contributed by atoms with E-state index in [-0.39, 0.29) is 17.0 Å². The van der Waals surface area contributed by atoms with E-state index in [4.69, 9.17) is 11.6 Å². The summed E-state index contributed by atoms with van der Waals surface area (Å²) >= 11 is 5.62. The van der Waals surface area contributed by atoms with Crippen molar-refractivity contribution < 1.29 is 9.18 Å². The SMILES string of the molecule is Cc1c(-c2ccncc2)n[nH]c1N1CC[C@@H](Cc2cnc(Cl)c(F)c2)C1=O. The van der Waals surface area contributed by atoms with Gasteiger partial charge in [0.25, 0.3) is 0 Å². The Morgan fingerprint density at radius 1 is 1.37 bits per heavy atom. The number of aromatic amines is 1. The van der Waals surface area contributed by atoms with Gasteiger partial charge < -0.3 is 0 Å². The van der Waals surface area contributed by atoms with Gasteiger partial charge >= 0.3 is 0 Å². The minimum atomic E-state index is -0.567. The zero-order valence-electron chi connectivity index (χ0n) is 14.6. The molecule has 8 heteroatoms. The molecule has 0 radical (unpaired) electrons. The monoisotopic (exact) mass is 385 g/mol. The van der Waals surface area contributed by atoms with Crippen LogP contribution in [0.25, 0.3) is 11.3 Å². The molecule has 6 nitrogen and oxygen atoms in total. The highest BCUT2D eigenvalue weighted by Gasteiger charge is 2.34. The summed E-state index contributed by atoms with van der Waals surface area (Å²) < 4.78 is 13.6. The Morgan fingerprint density at radius 2 is 2.15 bits per heavy atom. The highest BCUT2D eigenvalue weighted by Crippen LogP contribution is 2.32. The largest absolute Gasteiger partial charge is 0.297 e. The lowest BCUT2D eigenvalue weighted by Crippen LogP contribution is -2.28. The molecule has 1 N–H and O–H groups in total. The Morgan fingerprint density at radius 3 is 2.89 bits per heavy atom. The van der Waals surface area contributed by atoms with Gasteiger partial charge in [0.2, 0.25) is 5.91 Å². The van der Waals surface area contributed by atoms with Gasteiger partial charge in [-0.15, -0.1) is 0 Å². The van der Waals surface area contributed by atoms with Crippen LogP contribution in [0, 0.1) is 18.7 Å². The van der Waals surface area contributed by atoms with Gasteiger partial charge in [-0.3, -0.25) is 19.8 Å². The molecule has 1 aliphatic heterocycles. The number of nitrogens with zero attached hydrogens (tertiary/aromatic N) is 4. The molecular weight excluding hydrogens is 369 g/mol. The fraction of sp³-hybridized carbons (Fsp3) is 0.263. The fourth-order valence-corrected chi connectivity index (χ4v) is 3.55. The van der Waals surface area contributed by atoms with Crippen LogP contribution in [0.2, 0.25) is 5.15 Å². The molecule has 0 aliphatic carbocycles. The Bertz CT molecular complexity index is 991. The number of hydrogen-bond acceptors (Lipinski definition) is 4. The lowest BCUT2D eigenvalue weighted by atomic mass is 9.99. The Kier molecular flexibility index (Phi) is 4.61. The minimum Gasteiger partial charge on any atom is -0.297 e. The normalized spacial score (nSPS) is 16.9. The highest BCUT2D eigenvalue weighted by molar-refractivity contribution is 6.29. The van der Waals surface area contributed by atoms with Gasteiger partial charge in [-0.25, -0.2) is 9.37 Å².